The normalized spacial score (nSPS) is 15.7. The Morgan fingerprint density at radius 3 is 2.55 bits per heavy atom. The van der Waals surface area contributed by atoms with Gasteiger partial charge in [0, 0.05) is 18.1 Å². The molecular formula is C7H10N2OS. The van der Waals surface area contributed by atoms with Gasteiger partial charge in [-0.1, -0.05) is 6.92 Å². The van der Waals surface area contributed by atoms with Crippen LogP contribution in [-0.4, -0.2) is 14.9 Å². The van der Waals surface area contributed by atoms with E-state index in [2.05, 4.69) is 4.98 Å². The zero-order chi connectivity index (χ0) is 8.32. The molecule has 11 heavy (non-hydrogen) atoms. The average Bonchev–Trinajstić information content (AvgIpc) is 2.06. The molecule has 0 aliphatic carbocycles. The summed E-state index contributed by atoms with van der Waals surface area (Å²) in [5, 5.41) is 0. The van der Waals surface area contributed by atoms with Crippen molar-refractivity contribution in [3.05, 3.63) is 24.5 Å². The third kappa shape index (κ3) is 1.77. The van der Waals surface area contributed by atoms with Crippen molar-refractivity contribution < 1.29 is 4.21 Å². The highest BCUT2D eigenvalue weighted by Crippen LogP contribution is 2.08. The maximum atomic E-state index is 11.4. The lowest BCUT2D eigenvalue weighted by atomic mass is 10.5. The van der Waals surface area contributed by atoms with Gasteiger partial charge in [0.05, 0.1) is 14.6 Å². The summed E-state index contributed by atoms with van der Waals surface area (Å²) in [5.41, 5.74) is 0. The number of pyridine rings is 1. The quantitative estimate of drug-likeness (QED) is 0.731. The molecule has 1 heterocycles. The summed E-state index contributed by atoms with van der Waals surface area (Å²) in [6, 6.07) is 3.25. The second-order valence-electron chi connectivity index (χ2n) is 2.15. The average molecular weight is 170 g/mol. The molecule has 0 spiro atoms. The van der Waals surface area contributed by atoms with E-state index in [-0.39, 0.29) is 0 Å². The highest BCUT2D eigenvalue weighted by atomic mass is 32.2. The first-order valence-electron chi connectivity index (χ1n) is 3.33. The van der Waals surface area contributed by atoms with Gasteiger partial charge in [-0.15, -0.1) is 0 Å². The molecule has 1 aromatic heterocycles. The van der Waals surface area contributed by atoms with E-state index in [1.165, 1.54) is 0 Å². The SMILES string of the molecule is CC[S@](=N)(=O)c1ccncc1. The minimum absolute atomic E-state index is 0.358. The van der Waals surface area contributed by atoms with Gasteiger partial charge in [-0.2, -0.15) is 0 Å². The monoisotopic (exact) mass is 170 g/mol. The molecule has 0 fully saturated rings. The molecular weight excluding hydrogens is 160 g/mol. The largest absolute Gasteiger partial charge is 0.265 e. The van der Waals surface area contributed by atoms with Gasteiger partial charge in [-0.3, -0.25) is 4.98 Å². The van der Waals surface area contributed by atoms with E-state index in [0.717, 1.165) is 0 Å². The van der Waals surface area contributed by atoms with E-state index in [1.807, 2.05) is 0 Å². The lowest BCUT2D eigenvalue weighted by Crippen LogP contribution is -2.00. The number of hydrogen-bond acceptors (Lipinski definition) is 3. The molecule has 0 amide bonds. The zero-order valence-electron chi connectivity index (χ0n) is 6.28. The Hall–Kier alpha value is -0.900. The van der Waals surface area contributed by atoms with Gasteiger partial charge in [0.1, 0.15) is 0 Å². The van der Waals surface area contributed by atoms with Gasteiger partial charge in [0.25, 0.3) is 0 Å². The van der Waals surface area contributed by atoms with Gasteiger partial charge >= 0.3 is 0 Å². The van der Waals surface area contributed by atoms with Crippen molar-refractivity contribution in [2.24, 2.45) is 0 Å². The summed E-state index contributed by atoms with van der Waals surface area (Å²) in [6.07, 6.45) is 3.11. The highest BCUT2D eigenvalue weighted by molar-refractivity contribution is 7.92. The van der Waals surface area contributed by atoms with Crippen LogP contribution >= 0.6 is 0 Å². The molecule has 0 saturated carbocycles. The van der Waals surface area contributed by atoms with Crippen LogP contribution in [0.2, 0.25) is 0 Å². The summed E-state index contributed by atoms with van der Waals surface area (Å²) < 4.78 is 18.8. The van der Waals surface area contributed by atoms with Crippen LogP contribution in [0.15, 0.2) is 29.4 Å². The number of nitrogens with one attached hydrogen (secondary N) is 1. The molecule has 0 aliphatic heterocycles. The standard InChI is InChI=1S/C7H10N2OS/c1-2-11(8,10)7-3-5-9-6-4-7/h3-6,8H,2H2,1H3/t11-/m0/s1. The molecule has 0 bridgehead atoms. The minimum Gasteiger partial charge on any atom is -0.265 e. The molecule has 0 aromatic carbocycles. The second-order valence-corrected chi connectivity index (χ2v) is 4.55. The fourth-order valence-electron chi connectivity index (χ4n) is 0.725. The van der Waals surface area contributed by atoms with Crippen LogP contribution in [0, 0.1) is 4.78 Å². The minimum atomic E-state index is -2.54. The summed E-state index contributed by atoms with van der Waals surface area (Å²) in [4.78, 5) is 4.35. The van der Waals surface area contributed by atoms with Gasteiger partial charge in [0.2, 0.25) is 0 Å². The Bertz CT molecular complexity index is 318. The molecule has 1 N–H and O–H groups in total. The molecule has 1 atom stereocenters. The molecule has 3 nitrogen and oxygen atoms in total. The number of hydrogen-bond donors (Lipinski definition) is 1. The Morgan fingerprint density at radius 1 is 1.55 bits per heavy atom. The van der Waals surface area contributed by atoms with Crippen molar-refractivity contribution in [2.45, 2.75) is 11.8 Å². The Labute approximate surface area is 66.4 Å². The van der Waals surface area contributed by atoms with Crippen molar-refractivity contribution in [3.63, 3.8) is 0 Å². The van der Waals surface area contributed by atoms with E-state index in [9.17, 15) is 4.21 Å². The first-order valence-corrected chi connectivity index (χ1v) is 5.06. The van der Waals surface area contributed by atoms with Crippen LogP contribution in [0.3, 0.4) is 0 Å². The molecule has 0 aliphatic rings. The summed E-state index contributed by atoms with van der Waals surface area (Å²) in [5.74, 6) is 0.358. The Morgan fingerprint density at radius 2 is 2.09 bits per heavy atom. The lowest BCUT2D eigenvalue weighted by Gasteiger charge is -2.01. The summed E-state index contributed by atoms with van der Waals surface area (Å²) in [7, 11) is -2.54. The predicted molar refractivity (Wildman–Crippen MR) is 43.9 cm³/mol. The third-order valence-corrected chi connectivity index (χ3v) is 3.28. The Balaban J connectivity index is 3.14. The smallest absolute Gasteiger partial charge is 0.0724 e. The van der Waals surface area contributed by atoms with E-state index >= 15 is 0 Å². The molecule has 1 rings (SSSR count). The van der Waals surface area contributed by atoms with E-state index < -0.39 is 9.73 Å². The van der Waals surface area contributed by atoms with Crippen LogP contribution in [0.25, 0.3) is 0 Å². The molecule has 0 radical (unpaired) electrons. The molecule has 0 unspecified atom stereocenters. The zero-order valence-corrected chi connectivity index (χ0v) is 7.10. The van der Waals surface area contributed by atoms with Crippen molar-refractivity contribution >= 4 is 9.73 Å². The van der Waals surface area contributed by atoms with E-state index in [1.54, 1.807) is 31.5 Å². The van der Waals surface area contributed by atoms with Crippen molar-refractivity contribution in [3.8, 4) is 0 Å². The first kappa shape index (κ1) is 8.20. The van der Waals surface area contributed by atoms with Crippen LogP contribution in [0.4, 0.5) is 0 Å². The van der Waals surface area contributed by atoms with E-state index in [4.69, 9.17) is 4.78 Å². The molecule has 60 valence electrons. The number of nitrogens with zero attached hydrogens (tertiary/aromatic N) is 1. The van der Waals surface area contributed by atoms with Crippen LogP contribution in [0.5, 0.6) is 0 Å². The van der Waals surface area contributed by atoms with E-state index in [0.29, 0.717) is 10.6 Å². The van der Waals surface area contributed by atoms with Crippen molar-refractivity contribution in [1.82, 2.24) is 4.98 Å². The fraction of sp³-hybridized carbons (Fsp3) is 0.286. The second kappa shape index (κ2) is 3.00. The van der Waals surface area contributed by atoms with Crippen LogP contribution in [-0.2, 0) is 9.73 Å². The van der Waals surface area contributed by atoms with Crippen LogP contribution < -0.4 is 0 Å². The summed E-state index contributed by atoms with van der Waals surface area (Å²) >= 11 is 0. The molecule has 0 saturated heterocycles. The fourth-order valence-corrected chi connectivity index (χ4v) is 1.62. The third-order valence-electron chi connectivity index (χ3n) is 1.44. The maximum Gasteiger partial charge on any atom is 0.0724 e. The maximum absolute atomic E-state index is 11.4. The topological polar surface area (TPSA) is 53.8 Å². The highest BCUT2D eigenvalue weighted by Gasteiger charge is 2.04. The van der Waals surface area contributed by atoms with Crippen molar-refractivity contribution in [2.75, 3.05) is 5.75 Å². The van der Waals surface area contributed by atoms with Gasteiger partial charge in [-0.25, -0.2) is 8.99 Å². The lowest BCUT2D eigenvalue weighted by molar-refractivity contribution is 0.675. The number of rotatable bonds is 2. The number of aromatic nitrogens is 1. The first-order chi connectivity index (χ1) is 5.17. The van der Waals surface area contributed by atoms with Crippen LogP contribution in [0.1, 0.15) is 6.92 Å². The summed E-state index contributed by atoms with van der Waals surface area (Å²) in [6.45, 7) is 1.75. The predicted octanol–water partition coefficient (Wildman–Crippen LogP) is 1.51. The van der Waals surface area contributed by atoms with Crippen molar-refractivity contribution in [1.29, 1.82) is 4.78 Å². The van der Waals surface area contributed by atoms with Gasteiger partial charge < -0.3 is 0 Å². The molecule has 4 heteroatoms. The van der Waals surface area contributed by atoms with Gasteiger partial charge in [0.15, 0.2) is 0 Å². The molecule has 1 aromatic rings. The van der Waals surface area contributed by atoms with Gasteiger partial charge in [-0.05, 0) is 12.1 Å². The Kier molecular flexibility index (Phi) is 2.24.